The van der Waals surface area contributed by atoms with Crippen molar-refractivity contribution < 1.29 is 44.0 Å². The second-order valence-electron chi connectivity index (χ2n) is 17.4. The first-order valence-corrected chi connectivity index (χ1v) is 19.1. The molecule has 0 spiro atoms. The zero-order chi connectivity index (χ0) is 37.3. The summed E-state index contributed by atoms with van der Waals surface area (Å²) in [6, 6.07) is 0. The van der Waals surface area contributed by atoms with Crippen LogP contribution in [0.4, 0.5) is 0 Å². The molecule has 11 atom stereocenters. The first-order valence-electron chi connectivity index (χ1n) is 19.1. The normalized spacial score (nSPS) is 41.6. The summed E-state index contributed by atoms with van der Waals surface area (Å²) in [6.45, 7) is 15.0. The van der Waals surface area contributed by atoms with Gasteiger partial charge in [-0.1, -0.05) is 57.8 Å². The average molecular weight is 701 g/mol. The quantitative estimate of drug-likeness (QED) is 0.225. The Morgan fingerprint density at radius 1 is 0.960 bits per heavy atom. The highest BCUT2D eigenvalue weighted by molar-refractivity contribution is 5.96. The Morgan fingerprint density at radius 3 is 2.28 bits per heavy atom. The number of carbonyl (C=O) groups is 4. The number of aliphatic hydroxyl groups is 3. The van der Waals surface area contributed by atoms with Gasteiger partial charge in [-0.25, -0.2) is 0 Å². The number of ketones is 3. The fourth-order valence-corrected chi connectivity index (χ4v) is 9.66. The Hall–Kier alpha value is -2.20. The van der Waals surface area contributed by atoms with Crippen LogP contribution in [0.2, 0.25) is 0 Å². The molecule has 0 aromatic rings. The fourth-order valence-electron chi connectivity index (χ4n) is 9.66. The highest BCUT2D eigenvalue weighted by Crippen LogP contribution is 2.55. The van der Waals surface area contributed by atoms with Crippen molar-refractivity contribution in [2.24, 2.45) is 40.9 Å². The molecule has 1 saturated carbocycles. The molecule has 282 valence electrons. The number of allylic oxidation sites excluding steroid dienone is 3. The largest absolute Gasteiger partial charge is 0.469 e. The van der Waals surface area contributed by atoms with Crippen LogP contribution in [-0.4, -0.2) is 75.3 Å². The van der Waals surface area contributed by atoms with Crippen LogP contribution in [0.3, 0.4) is 0 Å². The second kappa shape index (κ2) is 15.8. The highest BCUT2D eigenvalue weighted by atomic mass is 16.5. The Labute approximate surface area is 299 Å². The molecule has 2 aliphatic carbocycles. The molecular weight excluding hydrogens is 636 g/mol. The molecule has 3 N–H and O–H groups in total. The number of rotatable bonds is 2. The van der Waals surface area contributed by atoms with Crippen molar-refractivity contribution in [1.29, 1.82) is 0 Å². The zero-order valence-electron chi connectivity index (χ0n) is 32.0. The molecular formula is C41H64O9. The molecule has 50 heavy (non-hydrogen) atoms. The number of hydrogen-bond acceptors (Lipinski definition) is 9. The van der Waals surface area contributed by atoms with Gasteiger partial charge in [0.05, 0.1) is 42.0 Å². The molecule has 2 bridgehead atoms. The van der Waals surface area contributed by atoms with Crippen LogP contribution in [0.25, 0.3) is 0 Å². The molecule has 0 aromatic carbocycles. The summed E-state index contributed by atoms with van der Waals surface area (Å²) >= 11 is 0. The van der Waals surface area contributed by atoms with E-state index in [0.29, 0.717) is 43.3 Å². The van der Waals surface area contributed by atoms with Crippen LogP contribution in [0.1, 0.15) is 132 Å². The lowest BCUT2D eigenvalue weighted by Gasteiger charge is -2.48. The van der Waals surface area contributed by atoms with Crippen LogP contribution < -0.4 is 0 Å². The van der Waals surface area contributed by atoms with E-state index in [2.05, 4.69) is 0 Å². The smallest absolute Gasteiger partial charge is 0.313 e. The number of carbonyl (C=O) groups excluding carboxylic acids is 4. The minimum absolute atomic E-state index is 0.0278. The SMILES string of the molecule is COC(=O)[C@]12CC(=O)[C@H](C(C)C)CC(=O)[C@H](C)CCC[C@H](C)CC(=O)[C@H]1[C@H]1C=C(C)CC[C@H](O)[C@@]3(C)CC[C@@H](O3)[C@@](C)(O)C[C@@H](O)C1=C(C)C2. The third-order valence-electron chi connectivity index (χ3n) is 12.8. The minimum atomic E-state index is -1.56. The summed E-state index contributed by atoms with van der Waals surface area (Å²) in [5, 5.41) is 35.2. The number of fused-ring (bicyclic) bond motifs is 5. The van der Waals surface area contributed by atoms with Crippen molar-refractivity contribution in [3.05, 3.63) is 22.8 Å². The van der Waals surface area contributed by atoms with Crippen molar-refractivity contribution in [3.63, 3.8) is 0 Å². The predicted molar refractivity (Wildman–Crippen MR) is 191 cm³/mol. The summed E-state index contributed by atoms with van der Waals surface area (Å²) in [7, 11) is 1.28. The van der Waals surface area contributed by atoms with Gasteiger partial charge in [-0.15, -0.1) is 0 Å². The van der Waals surface area contributed by atoms with E-state index in [-0.39, 0.29) is 67.2 Å². The number of hydrogen-bond donors (Lipinski definition) is 3. The highest BCUT2D eigenvalue weighted by Gasteiger charge is 2.59. The van der Waals surface area contributed by atoms with Gasteiger partial charge in [0.1, 0.15) is 17.3 Å². The lowest BCUT2D eigenvalue weighted by molar-refractivity contribution is -0.167. The van der Waals surface area contributed by atoms with Crippen molar-refractivity contribution in [2.75, 3.05) is 7.11 Å². The van der Waals surface area contributed by atoms with E-state index in [1.807, 2.05) is 54.5 Å². The molecule has 1 saturated heterocycles. The van der Waals surface area contributed by atoms with Gasteiger partial charge in [-0.05, 0) is 83.6 Å². The Morgan fingerprint density at radius 2 is 1.64 bits per heavy atom. The summed E-state index contributed by atoms with van der Waals surface area (Å²) < 4.78 is 11.8. The lowest BCUT2D eigenvalue weighted by atomic mass is 9.54. The van der Waals surface area contributed by atoms with Gasteiger partial charge in [0.25, 0.3) is 0 Å². The summed E-state index contributed by atoms with van der Waals surface area (Å²) in [6.07, 6.45) is 3.46. The maximum atomic E-state index is 14.9. The van der Waals surface area contributed by atoms with E-state index < -0.39 is 58.7 Å². The van der Waals surface area contributed by atoms with Crippen molar-refractivity contribution in [1.82, 2.24) is 0 Å². The third-order valence-corrected chi connectivity index (χ3v) is 12.8. The Balaban J connectivity index is 1.95. The molecule has 9 nitrogen and oxygen atoms in total. The molecule has 2 heterocycles. The fraction of sp³-hybridized carbons (Fsp3) is 0.805. The van der Waals surface area contributed by atoms with Crippen LogP contribution in [0.5, 0.6) is 0 Å². The van der Waals surface area contributed by atoms with E-state index >= 15 is 0 Å². The van der Waals surface area contributed by atoms with Gasteiger partial charge >= 0.3 is 5.97 Å². The van der Waals surface area contributed by atoms with Crippen LogP contribution >= 0.6 is 0 Å². The number of esters is 1. The summed E-state index contributed by atoms with van der Waals surface area (Å²) in [5.41, 5.74) is -1.73. The molecule has 4 aliphatic rings. The Bertz CT molecular complexity index is 1360. The molecule has 0 unspecified atom stereocenters. The topological polar surface area (TPSA) is 147 Å². The molecule has 0 radical (unpaired) electrons. The lowest BCUT2D eigenvalue weighted by Crippen LogP contribution is -2.53. The van der Waals surface area contributed by atoms with Crippen molar-refractivity contribution >= 4 is 23.3 Å². The number of ether oxygens (including phenoxy) is 2. The van der Waals surface area contributed by atoms with Gasteiger partial charge in [0, 0.05) is 49.4 Å². The maximum Gasteiger partial charge on any atom is 0.313 e. The van der Waals surface area contributed by atoms with E-state index in [1.165, 1.54) is 7.11 Å². The minimum Gasteiger partial charge on any atom is -0.469 e. The van der Waals surface area contributed by atoms with E-state index in [0.717, 1.165) is 18.4 Å². The third kappa shape index (κ3) is 8.37. The monoisotopic (exact) mass is 700 g/mol. The summed E-state index contributed by atoms with van der Waals surface area (Å²) in [4.78, 5) is 57.1. The van der Waals surface area contributed by atoms with Gasteiger partial charge in [-0.2, -0.15) is 0 Å². The van der Waals surface area contributed by atoms with Crippen molar-refractivity contribution in [3.8, 4) is 0 Å². The first kappa shape index (κ1) is 40.6. The molecule has 0 aromatic heterocycles. The van der Waals surface area contributed by atoms with Gasteiger partial charge < -0.3 is 24.8 Å². The van der Waals surface area contributed by atoms with E-state index in [4.69, 9.17) is 9.47 Å². The molecule has 2 aliphatic heterocycles. The van der Waals surface area contributed by atoms with Crippen LogP contribution in [-0.2, 0) is 28.7 Å². The van der Waals surface area contributed by atoms with Crippen LogP contribution in [0.15, 0.2) is 22.8 Å². The van der Waals surface area contributed by atoms with Crippen LogP contribution in [0, 0.1) is 40.9 Å². The van der Waals surface area contributed by atoms with Gasteiger partial charge in [0.15, 0.2) is 0 Å². The zero-order valence-corrected chi connectivity index (χ0v) is 32.0. The van der Waals surface area contributed by atoms with Gasteiger partial charge in [-0.3, -0.25) is 19.2 Å². The second-order valence-corrected chi connectivity index (χ2v) is 17.4. The standard InChI is InChI=1S/C41H64O9/c1-23(2)28-19-30(42)26(5)12-10-11-24(3)18-31(43)37-29-17-25(4)13-14-34(46)40(8)16-15-35(50-40)39(7,48)21-33(45)36(29)27(6)20-41(37,22-32(28)44)38(47)49-9/h17,23-24,26,28-29,33-35,37,45-46,48H,10-16,18-22H2,1-9H3/t24-,26+,28-,29-,33+,34-,35+,37+,39-,40+,41+/m0/s1. The predicted octanol–water partition coefficient (Wildman–Crippen LogP) is 6.25. The van der Waals surface area contributed by atoms with Crippen molar-refractivity contribution in [2.45, 2.75) is 162 Å². The summed E-state index contributed by atoms with van der Waals surface area (Å²) in [5.74, 6) is -3.80. The molecule has 0 amide bonds. The van der Waals surface area contributed by atoms with E-state index in [1.54, 1.807) is 6.92 Å². The number of Topliss-reactive ketones (excluding diaryl/α,β-unsaturated/α-hetero) is 3. The average Bonchev–Trinajstić information content (AvgIpc) is 3.44. The van der Waals surface area contributed by atoms with Gasteiger partial charge in [0.2, 0.25) is 0 Å². The molecule has 2 fully saturated rings. The first-order chi connectivity index (χ1) is 23.3. The molecule has 9 heteroatoms. The molecule has 4 rings (SSSR count). The number of aliphatic hydroxyl groups excluding tert-OH is 2. The maximum absolute atomic E-state index is 14.9. The number of methoxy groups -OCH3 is 1. The Kier molecular flexibility index (Phi) is 12.8. The van der Waals surface area contributed by atoms with E-state index in [9.17, 15) is 34.5 Å².